The molecule has 2 N–H and O–H groups in total. The Balaban J connectivity index is 1.35. The van der Waals surface area contributed by atoms with Crippen molar-refractivity contribution in [3.05, 3.63) is 155 Å². The number of carbonyl (C=O) groups is 2. The fraction of sp³-hybridized carbons (Fsp3) is 0.105. The lowest BCUT2D eigenvalue weighted by Crippen LogP contribution is -2.24. The van der Waals surface area contributed by atoms with Crippen LogP contribution in [0.2, 0.25) is 0 Å². The zero-order valence-corrected chi connectivity index (χ0v) is 24.0. The molecule has 0 aromatic heterocycles. The molecule has 0 spiro atoms. The van der Waals surface area contributed by atoms with Gasteiger partial charge < -0.3 is 20.1 Å². The molecule has 0 aliphatic carbocycles. The van der Waals surface area contributed by atoms with Crippen LogP contribution in [0.15, 0.2) is 121 Å². The molecule has 2 amide bonds. The maximum absolute atomic E-state index is 13.4. The molecule has 8 rings (SSSR count). The Morgan fingerprint density at radius 2 is 0.841 bits per heavy atom. The van der Waals surface area contributed by atoms with E-state index in [1.165, 1.54) is 0 Å². The highest BCUT2D eigenvalue weighted by Gasteiger charge is 2.19. The summed E-state index contributed by atoms with van der Waals surface area (Å²) in [5.74, 6) is 0.599. The molecule has 0 saturated carbocycles. The molecule has 4 bridgehead atoms. The molecule has 2 heterocycles. The fourth-order valence-electron chi connectivity index (χ4n) is 5.88. The van der Waals surface area contributed by atoms with Gasteiger partial charge in [-0.25, -0.2) is 0 Å². The maximum atomic E-state index is 13.4. The highest BCUT2D eigenvalue weighted by molar-refractivity contribution is 6.06. The zero-order valence-electron chi connectivity index (χ0n) is 24.0. The summed E-state index contributed by atoms with van der Waals surface area (Å²) in [5.41, 5.74) is 4.85. The number of nitrogens with one attached hydrogen (secondary N) is 2. The molecular formula is C38H30N2O4. The van der Waals surface area contributed by atoms with Gasteiger partial charge in [0.1, 0.15) is 24.7 Å². The molecule has 6 heteroatoms. The van der Waals surface area contributed by atoms with Gasteiger partial charge in [0.05, 0.1) is 11.1 Å². The number of hydrogen-bond donors (Lipinski definition) is 2. The minimum Gasteiger partial charge on any atom is -0.488 e. The van der Waals surface area contributed by atoms with E-state index in [9.17, 15) is 9.59 Å². The van der Waals surface area contributed by atoms with Crippen LogP contribution >= 0.6 is 0 Å². The second-order valence-corrected chi connectivity index (χ2v) is 10.8. The van der Waals surface area contributed by atoms with Gasteiger partial charge in [-0.1, -0.05) is 97.1 Å². The molecule has 2 aliphatic heterocycles. The monoisotopic (exact) mass is 578 g/mol. The van der Waals surface area contributed by atoms with Crippen molar-refractivity contribution in [3.8, 4) is 11.5 Å². The number of amides is 2. The summed E-state index contributed by atoms with van der Waals surface area (Å²) in [6.45, 7) is 1.22. The highest BCUT2D eigenvalue weighted by Crippen LogP contribution is 2.35. The number of fused-ring (bicyclic) bond motifs is 6. The summed E-state index contributed by atoms with van der Waals surface area (Å²) in [7, 11) is 0. The largest absolute Gasteiger partial charge is 0.488 e. The van der Waals surface area contributed by atoms with Crippen molar-refractivity contribution in [1.29, 1.82) is 0 Å². The van der Waals surface area contributed by atoms with Gasteiger partial charge in [-0.2, -0.15) is 0 Å². The second kappa shape index (κ2) is 11.9. The van der Waals surface area contributed by atoms with Gasteiger partial charge in [0, 0.05) is 24.2 Å². The number of ether oxygens (including phenoxy) is 2. The van der Waals surface area contributed by atoms with E-state index in [1.807, 2.05) is 84.9 Å². The molecule has 0 unspecified atom stereocenters. The summed E-state index contributed by atoms with van der Waals surface area (Å²) in [5, 5.41) is 10.2. The Morgan fingerprint density at radius 3 is 1.27 bits per heavy atom. The topological polar surface area (TPSA) is 76.7 Å². The van der Waals surface area contributed by atoms with Crippen LogP contribution < -0.4 is 20.1 Å². The average Bonchev–Trinajstić information content (AvgIpc) is 3.07. The first-order valence-corrected chi connectivity index (χ1v) is 14.6. The molecule has 0 atom stereocenters. The fourth-order valence-corrected chi connectivity index (χ4v) is 5.88. The molecule has 0 saturated heterocycles. The predicted molar refractivity (Wildman–Crippen MR) is 172 cm³/mol. The van der Waals surface area contributed by atoms with Gasteiger partial charge in [-0.3, -0.25) is 9.59 Å². The molecule has 6 aromatic carbocycles. The van der Waals surface area contributed by atoms with Crippen molar-refractivity contribution in [2.24, 2.45) is 0 Å². The third-order valence-corrected chi connectivity index (χ3v) is 8.06. The Hall–Kier alpha value is -5.62. The van der Waals surface area contributed by atoms with Crippen LogP contribution in [0, 0.1) is 0 Å². The molecule has 2 aliphatic rings. The van der Waals surface area contributed by atoms with Gasteiger partial charge in [0.25, 0.3) is 11.8 Å². The molecule has 6 aromatic rings. The van der Waals surface area contributed by atoms with E-state index in [2.05, 4.69) is 34.9 Å². The van der Waals surface area contributed by atoms with Crippen LogP contribution in [0.3, 0.4) is 0 Å². The molecule has 44 heavy (non-hydrogen) atoms. The van der Waals surface area contributed by atoms with E-state index in [1.54, 1.807) is 12.1 Å². The molecule has 0 fully saturated rings. The third-order valence-electron chi connectivity index (χ3n) is 8.06. The number of hydrogen-bond acceptors (Lipinski definition) is 4. The Bertz CT molecular complexity index is 1840. The first kappa shape index (κ1) is 27.2. The standard InChI is InChI=1S/C38H30N2O4/c41-37-31-16-5-7-18-35(31)43-23-33-27-12-1-2-13-28(27)34(30-15-4-3-14-29(30)33)24-44-36-19-8-6-17-32(36)38(42)40-22-26-11-9-10-25(20-26)21-39-37/h1-20H,21-24H2,(H,39,41)(H,40,42). The van der Waals surface area contributed by atoms with Gasteiger partial charge >= 0.3 is 0 Å². The van der Waals surface area contributed by atoms with Crippen molar-refractivity contribution in [2.45, 2.75) is 26.3 Å². The Morgan fingerprint density at radius 1 is 0.455 bits per heavy atom. The number of rotatable bonds is 0. The minimum absolute atomic E-state index is 0.219. The van der Waals surface area contributed by atoms with E-state index >= 15 is 0 Å². The zero-order chi connectivity index (χ0) is 29.9. The molecular weight excluding hydrogens is 548 g/mol. The molecule has 216 valence electrons. The average molecular weight is 579 g/mol. The van der Waals surface area contributed by atoms with Crippen molar-refractivity contribution >= 4 is 33.4 Å². The maximum Gasteiger partial charge on any atom is 0.255 e. The van der Waals surface area contributed by atoms with Gasteiger partial charge in [0.2, 0.25) is 0 Å². The first-order chi connectivity index (χ1) is 21.7. The summed E-state index contributed by atoms with van der Waals surface area (Å²) in [4.78, 5) is 26.7. The lowest BCUT2D eigenvalue weighted by Gasteiger charge is -2.19. The normalized spacial score (nSPS) is 13.9. The van der Waals surface area contributed by atoms with Crippen LogP contribution in [0.5, 0.6) is 11.5 Å². The summed E-state index contributed by atoms with van der Waals surface area (Å²) in [6.07, 6.45) is 0. The minimum atomic E-state index is -0.219. The lowest BCUT2D eigenvalue weighted by molar-refractivity contribution is 0.0938. The SMILES string of the molecule is O=C1NCc2cccc(c2)CNC(=O)c2ccccc2OCc2c3ccccc3c(c3ccccc23)COc2ccccc21. The van der Waals surface area contributed by atoms with E-state index < -0.39 is 0 Å². The van der Waals surface area contributed by atoms with Crippen LogP contribution in [0.4, 0.5) is 0 Å². The van der Waals surface area contributed by atoms with Crippen LogP contribution in [-0.4, -0.2) is 11.8 Å². The summed E-state index contributed by atoms with van der Waals surface area (Å²) >= 11 is 0. The van der Waals surface area contributed by atoms with E-state index in [0.717, 1.165) is 43.8 Å². The van der Waals surface area contributed by atoms with E-state index in [0.29, 0.717) is 35.7 Å². The van der Waals surface area contributed by atoms with E-state index in [4.69, 9.17) is 9.47 Å². The molecule has 0 radical (unpaired) electrons. The predicted octanol–water partition coefficient (Wildman–Crippen LogP) is 7.32. The van der Waals surface area contributed by atoms with Gasteiger partial charge in [-0.15, -0.1) is 0 Å². The quantitative estimate of drug-likeness (QED) is 0.185. The number of para-hydroxylation sites is 2. The first-order valence-electron chi connectivity index (χ1n) is 14.6. The molecule has 6 nitrogen and oxygen atoms in total. The van der Waals surface area contributed by atoms with Gasteiger partial charge in [-0.05, 0) is 56.9 Å². The summed E-state index contributed by atoms with van der Waals surface area (Å²) < 4.78 is 12.8. The van der Waals surface area contributed by atoms with Crippen molar-refractivity contribution in [3.63, 3.8) is 0 Å². The van der Waals surface area contributed by atoms with Crippen LogP contribution in [0.1, 0.15) is 43.0 Å². The Kier molecular flexibility index (Phi) is 7.39. The van der Waals surface area contributed by atoms with Crippen molar-refractivity contribution in [1.82, 2.24) is 10.6 Å². The van der Waals surface area contributed by atoms with Crippen LogP contribution in [-0.2, 0) is 26.3 Å². The summed E-state index contributed by atoms with van der Waals surface area (Å²) in [6, 6.07) is 38.9. The lowest BCUT2D eigenvalue weighted by atomic mass is 9.92. The Labute approximate surface area is 255 Å². The van der Waals surface area contributed by atoms with Crippen molar-refractivity contribution < 1.29 is 19.1 Å². The van der Waals surface area contributed by atoms with Crippen molar-refractivity contribution in [2.75, 3.05) is 0 Å². The van der Waals surface area contributed by atoms with Gasteiger partial charge in [0.15, 0.2) is 0 Å². The highest BCUT2D eigenvalue weighted by atomic mass is 16.5. The second-order valence-electron chi connectivity index (χ2n) is 10.8. The van der Waals surface area contributed by atoms with E-state index in [-0.39, 0.29) is 25.0 Å². The smallest absolute Gasteiger partial charge is 0.255 e. The number of benzene rings is 6. The third kappa shape index (κ3) is 5.34. The van der Waals surface area contributed by atoms with Crippen LogP contribution in [0.25, 0.3) is 21.5 Å². The number of carbonyl (C=O) groups excluding carboxylic acids is 2.